The van der Waals surface area contributed by atoms with E-state index in [0.717, 1.165) is 38.5 Å². The molecule has 0 heterocycles. The van der Waals surface area contributed by atoms with Crippen LogP contribution < -0.4 is 0 Å². The molecule has 0 aromatic rings. The maximum atomic E-state index is 12.7. The van der Waals surface area contributed by atoms with Gasteiger partial charge in [0, 0.05) is 13.0 Å². The molecule has 0 spiro atoms. The Morgan fingerprint density at radius 1 is 0.564 bits per heavy atom. The number of phosphoric acid groups is 1. The molecule has 0 saturated heterocycles. The van der Waals surface area contributed by atoms with Gasteiger partial charge in [0.15, 0.2) is 0 Å². The lowest BCUT2D eigenvalue weighted by atomic mass is 10.0. The molecule has 0 fully saturated rings. The molecule has 8 nitrogen and oxygen atoms in total. The van der Waals surface area contributed by atoms with Crippen molar-refractivity contribution in [2.45, 2.75) is 213 Å². The number of esters is 1. The zero-order chi connectivity index (χ0) is 40.6. The minimum atomic E-state index is -4.26. The van der Waals surface area contributed by atoms with Crippen molar-refractivity contribution in [1.29, 1.82) is 0 Å². The molecule has 0 rings (SSSR count). The standard InChI is InChI=1S/C46H90NO7P/c1-6-8-10-12-14-16-17-18-19-20-21-22-23-24-25-26-27-28-29-30-31-32-33-35-37-39-46(48)54-45(43-51-41-38-36-34-15-13-11-9-7-2)44-53-55(49,50)52-42-40-47(3,4)5/h17-18,20-21,45H,6-16,19,22-44H2,1-5H3/p+1/b18-17-,21-20-. The Kier molecular flexibility index (Phi) is 39.1. The van der Waals surface area contributed by atoms with Crippen molar-refractivity contribution < 1.29 is 37.3 Å². The maximum absolute atomic E-state index is 12.7. The smallest absolute Gasteiger partial charge is 0.457 e. The quantitative estimate of drug-likeness (QED) is 0.0216. The van der Waals surface area contributed by atoms with Gasteiger partial charge < -0.3 is 18.9 Å². The summed E-state index contributed by atoms with van der Waals surface area (Å²) in [7, 11) is 1.67. The van der Waals surface area contributed by atoms with E-state index in [0.29, 0.717) is 24.1 Å². The monoisotopic (exact) mass is 801 g/mol. The van der Waals surface area contributed by atoms with Crippen LogP contribution >= 0.6 is 7.82 Å². The second-order valence-electron chi connectivity index (χ2n) is 16.8. The largest absolute Gasteiger partial charge is 0.472 e. The molecular weight excluding hydrogens is 709 g/mol. The van der Waals surface area contributed by atoms with Gasteiger partial charge >= 0.3 is 13.8 Å². The molecule has 326 valence electrons. The van der Waals surface area contributed by atoms with Crippen LogP contribution in [-0.2, 0) is 27.9 Å². The molecule has 55 heavy (non-hydrogen) atoms. The molecule has 0 amide bonds. The molecule has 0 radical (unpaired) electrons. The van der Waals surface area contributed by atoms with Gasteiger partial charge in [-0.2, -0.15) is 0 Å². The predicted octanol–water partition coefficient (Wildman–Crippen LogP) is 13.6. The second kappa shape index (κ2) is 39.8. The van der Waals surface area contributed by atoms with Crippen molar-refractivity contribution in [2.24, 2.45) is 0 Å². The number of hydrogen-bond donors (Lipinski definition) is 1. The SMILES string of the molecule is CCCCCCC/C=C\C/C=C\CCCCCCCCCCCCCCCC(=O)OC(COCCCCCCCCCC)COP(=O)(O)OCC[N+](C)(C)C. The molecule has 0 aliphatic rings. The molecule has 0 aliphatic heterocycles. The molecule has 0 bridgehead atoms. The van der Waals surface area contributed by atoms with E-state index in [4.69, 9.17) is 18.5 Å². The number of nitrogens with zero attached hydrogens (tertiary/aromatic N) is 1. The van der Waals surface area contributed by atoms with Crippen molar-refractivity contribution in [1.82, 2.24) is 0 Å². The Labute approximate surface area is 341 Å². The Morgan fingerprint density at radius 3 is 1.47 bits per heavy atom. The molecule has 2 atom stereocenters. The predicted molar refractivity (Wildman–Crippen MR) is 233 cm³/mol. The van der Waals surface area contributed by atoms with E-state index in [1.54, 1.807) is 0 Å². The second-order valence-corrected chi connectivity index (χ2v) is 18.2. The minimum absolute atomic E-state index is 0.0905. The molecule has 0 aliphatic carbocycles. The van der Waals surface area contributed by atoms with E-state index in [2.05, 4.69) is 38.2 Å². The number of unbranched alkanes of at least 4 members (excludes halogenated alkanes) is 25. The van der Waals surface area contributed by atoms with Crippen LogP contribution in [0.3, 0.4) is 0 Å². The summed E-state index contributed by atoms with van der Waals surface area (Å²) in [5.41, 5.74) is 0. The summed E-state index contributed by atoms with van der Waals surface area (Å²) in [6.07, 6.45) is 45.1. The van der Waals surface area contributed by atoms with Gasteiger partial charge in [0.05, 0.1) is 34.4 Å². The van der Waals surface area contributed by atoms with E-state index in [1.165, 1.54) is 148 Å². The van der Waals surface area contributed by atoms with Crippen LogP contribution in [0.1, 0.15) is 206 Å². The van der Waals surface area contributed by atoms with Crippen LogP contribution in [0, 0.1) is 0 Å². The van der Waals surface area contributed by atoms with Gasteiger partial charge in [0.25, 0.3) is 0 Å². The number of quaternary nitrogens is 1. The summed E-state index contributed by atoms with van der Waals surface area (Å²) in [6.45, 7) is 5.61. The lowest BCUT2D eigenvalue weighted by Crippen LogP contribution is -2.37. The van der Waals surface area contributed by atoms with Crippen LogP contribution in [0.2, 0.25) is 0 Å². The molecule has 2 unspecified atom stereocenters. The van der Waals surface area contributed by atoms with E-state index in [-0.39, 0.29) is 25.8 Å². The third kappa shape index (κ3) is 43.9. The first kappa shape index (κ1) is 54.0. The highest BCUT2D eigenvalue weighted by Crippen LogP contribution is 2.43. The van der Waals surface area contributed by atoms with Gasteiger partial charge in [0.1, 0.15) is 19.3 Å². The van der Waals surface area contributed by atoms with Gasteiger partial charge in [-0.1, -0.05) is 179 Å². The lowest BCUT2D eigenvalue weighted by molar-refractivity contribution is -0.870. The number of phosphoric ester groups is 1. The molecular formula is C46H91NO7P+. The minimum Gasteiger partial charge on any atom is -0.457 e. The van der Waals surface area contributed by atoms with Gasteiger partial charge in [-0.25, -0.2) is 4.57 Å². The fourth-order valence-electron chi connectivity index (χ4n) is 6.41. The van der Waals surface area contributed by atoms with Gasteiger partial charge in [0.2, 0.25) is 0 Å². The molecule has 0 aromatic carbocycles. The van der Waals surface area contributed by atoms with Gasteiger partial charge in [-0.05, 0) is 44.9 Å². The number of rotatable bonds is 43. The van der Waals surface area contributed by atoms with Crippen LogP contribution in [0.25, 0.3) is 0 Å². The summed E-state index contributed by atoms with van der Waals surface area (Å²) in [5.74, 6) is -0.314. The zero-order valence-corrected chi connectivity index (χ0v) is 37.8. The summed E-state index contributed by atoms with van der Waals surface area (Å²) in [6, 6.07) is 0. The average molecular weight is 801 g/mol. The topological polar surface area (TPSA) is 91.3 Å². The highest BCUT2D eigenvalue weighted by Gasteiger charge is 2.26. The van der Waals surface area contributed by atoms with Gasteiger partial charge in [-0.3, -0.25) is 13.8 Å². The molecule has 1 N–H and O–H groups in total. The number of allylic oxidation sites excluding steroid dienone is 4. The van der Waals surface area contributed by atoms with E-state index >= 15 is 0 Å². The summed E-state index contributed by atoms with van der Waals surface area (Å²) >= 11 is 0. The first-order valence-corrected chi connectivity index (χ1v) is 24.6. The van der Waals surface area contributed by atoms with E-state index in [9.17, 15) is 14.3 Å². The highest BCUT2D eigenvalue weighted by molar-refractivity contribution is 7.47. The third-order valence-corrected chi connectivity index (χ3v) is 11.0. The summed E-state index contributed by atoms with van der Waals surface area (Å²) in [4.78, 5) is 22.8. The van der Waals surface area contributed by atoms with E-state index < -0.39 is 13.9 Å². The van der Waals surface area contributed by atoms with Crippen LogP contribution in [0.15, 0.2) is 24.3 Å². The third-order valence-electron chi connectivity index (χ3n) is 10.0. The molecule has 0 saturated carbocycles. The highest BCUT2D eigenvalue weighted by atomic mass is 31.2. The number of carbonyl (C=O) groups excluding carboxylic acids is 1. The van der Waals surface area contributed by atoms with Crippen LogP contribution in [-0.4, -0.2) is 75.6 Å². The summed E-state index contributed by atoms with van der Waals surface area (Å²) < 4.78 is 34.9. The number of carbonyl (C=O) groups is 1. The number of hydrogen-bond acceptors (Lipinski definition) is 6. The first-order chi connectivity index (χ1) is 26.6. The van der Waals surface area contributed by atoms with Crippen molar-refractivity contribution >= 4 is 13.8 Å². The lowest BCUT2D eigenvalue weighted by Gasteiger charge is -2.24. The van der Waals surface area contributed by atoms with Crippen molar-refractivity contribution in [3.8, 4) is 0 Å². The number of ether oxygens (including phenoxy) is 2. The Bertz CT molecular complexity index is 936. The fraction of sp³-hybridized carbons (Fsp3) is 0.891. The molecule has 9 heteroatoms. The number of likely N-dealkylation sites (N-methyl/N-ethyl adjacent to an activating group) is 1. The van der Waals surface area contributed by atoms with Crippen LogP contribution in [0.5, 0.6) is 0 Å². The Morgan fingerprint density at radius 2 is 1.00 bits per heavy atom. The Hall–Kier alpha value is -1.02. The Balaban J connectivity index is 4.00. The normalized spacial score (nSPS) is 13.9. The molecule has 0 aromatic heterocycles. The maximum Gasteiger partial charge on any atom is 0.472 e. The van der Waals surface area contributed by atoms with Crippen molar-refractivity contribution in [3.05, 3.63) is 24.3 Å². The zero-order valence-electron chi connectivity index (χ0n) is 36.9. The van der Waals surface area contributed by atoms with Gasteiger partial charge in [-0.15, -0.1) is 0 Å². The fourth-order valence-corrected chi connectivity index (χ4v) is 7.15. The first-order valence-electron chi connectivity index (χ1n) is 23.1. The summed E-state index contributed by atoms with van der Waals surface area (Å²) in [5, 5.41) is 0. The van der Waals surface area contributed by atoms with Crippen LogP contribution in [0.4, 0.5) is 0 Å². The average Bonchev–Trinajstić information content (AvgIpc) is 3.13. The van der Waals surface area contributed by atoms with Crippen molar-refractivity contribution in [2.75, 3.05) is 54.1 Å². The van der Waals surface area contributed by atoms with Crippen molar-refractivity contribution in [3.63, 3.8) is 0 Å². The van der Waals surface area contributed by atoms with E-state index in [1.807, 2.05) is 21.1 Å².